The highest BCUT2D eigenvalue weighted by Gasteiger charge is 2.03. The summed E-state index contributed by atoms with van der Waals surface area (Å²) >= 11 is 0. The molecule has 0 saturated heterocycles. The van der Waals surface area contributed by atoms with Crippen molar-refractivity contribution in [2.24, 2.45) is 0 Å². The van der Waals surface area contributed by atoms with E-state index in [2.05, 4.69) is 25.4 Å². The second-order valence-corrected chi connectivity index (χ2v) is 3.80. The zero-order chi connectivity index (χ0) is 11.5. The Morgan fingerprint density at radius 2 is 1.80 bits per heavy atom. The van der Waals surface area contributed by atoms with Crippen molar-refractivity contribution in [3.63, 3.8) is 0 Å². The lowest BCUT2D eigenvalue weighted by Crippen LogP contribution is -2.18. The van der Waals surface area contributed by atoms with E-state index < -0.39 is 0 Å². The van der Waals surface area contributed by atoms with Gasteiger partial charge in [0, 0.05) is 5.57 Å². The van der Waals surface area contributed by atoms with Crippen molar-refractivity contribution in [3.8, 4) is 0 Å². The Morgan fingerprint density at radius 3 is 2.40 bits per heavy atom. The molecule has 86 valence electrons. The number of unbranched alkanes of at least 4 members (excludes halogenated alkanes) is 5. The SMILES string of the molecule is C=CNC(=O)C(=C)CCCCCCCC. The first-order chi connectivity index (χ1) is 7.22. The first-order valence-corrected chi connectivity index (χ1v) is 5.82. The van der Waals surface area contributed by atoms with Gasteiger partial charge in [0.2, 0.25) is 5.91 Å². The van der Waals surface area contributed by atoms with Crippen LogP contribution in [0.5, 0.6) is 0 Å². The van der Waals surface area contributed by atoms with Gasteiger partial charge in [0.05, 0.1) is 0 Å². The fraction of sp³-hybridized carbons (Fsp3) is 0.615. The summed E-state index contributed by atoms with van der Waals surface area (Å²) in [5.41, 5.74) is 0.658. The van der Waals surface area contributed by atoms with Crippen LogP contribution < -0.4 is 5.32 Å². The van der Waals surface area contributed by atoms with Crippen molar-refractivity contribution in [2.75, 3.05) is 0 Å². The topological polar surface area (TPSA) is 29.1 Å². The van der Waals surface area contributed by atoms with E-state index in [9.17, 15) is 4.79 Å². The number of rotatable bonds is 9. The van der Waals surface area contributed by atoms with Crippen LogP contribution in [0.2, 0.25) is 0 Å². The van der Waals surface area contributed by atoms with Gasteiger partial charge < -0.3 is 5.32 Å². The van der Waals surface area contributed by atoms with Crippen LogP contribution in [0.4, 0.5) is 0 Å². The molecule has 2 heteroatoms. The maximum atomic E-state index is 11.2. The molecular formula is C13H23NO. The zero-order valence-electron chi connectivity index (χ0n) is 9.85. The summed E-state index contributed by atoms with van der Waals surface area (Å²) in [6.45, 7) is 9.40. The summed E-state index contributed by atoms with van der Waals surface area (Å²) in [4.78, 5) is 11.2. The van der Waals surface area contributed by atoms with E-state index in [1.165, 1.54) is 38.3 Å². The van der Waals surface area contributed by atoms with E-state index in [0.29, 0.717) is 5.57 Å². The monoisotopic (exact) mass is 209 g/mol. The molecule has 0 saturated carbocycles. The minimum atomic E-state index is -0.0986. The molecule has 0 heterocycles. The summed E-state index contributed by atoms with van der Waals surface area (Å²) < 4.78 is 0. The molecular weight excluding hydrogens is 186 g/mol. The molecule has 0 fully saturated rings. The van der Waals surface area contributed by atoms with Gasteiger partial charge >= 0.3 is 0 Å². The van der Waals surface area contributed by atoms with E-state index in [0.717, 1.165) is 12.8 Å². The Kier molecular flexibility index (Phi) is 8.84. The van der Waals surface area contributed by atoms with Crippen LogP contribution in [0.1, 0.15) is 51.9 Å². The van der Waals surface area contributed by atoms with Crippen LogP contribution in [0.15, 0.2) is 24.9 Å². The molecule has 0 aliphatic carbocycles. The minimum absolute atomic E-state index is 0.0986. The van der Waals surface area contributed by atoms with Gasteiger partial charge in [0.1, 0.15) is 0 Å². The summed E-state index contributed by atoms with van der Waals surface area (Å²) in [6, 6.07) is 0. The Balaban J connectivity index is 3.38. The van der Waals surface area contributed by atoms with Gasteiger partial charge in [-0.1, -0.05) is 52.2 Å². The fourth-order valence-electron chi connectivity index (χ4n) is 1.43. The number of hydrogen-bond acceptors (Lipinski definition) is 1. The van der Waals surface area contributed by atoms with E-state index in [1.807, 2.05) is 0 Å². The van der Waals surface area contributed by atoms with Crippen molar-refractivity contribution in [1.82, 2.24) is 5.32 Å². The predicted molar refractivity (Wildman–Crippen MR) is 65.5 cm³/mol. The van der Waals surface area contributed by atoms with Crippen molar-refractivity contribution >= 4 is 5.91 Å². The molecule has 1 N–H and O–H groups in total. The van der Waals surface area contributed by atoms with E-state index in [4.69, 9.17) is 0 Å². The van der Waals surface area contributed by atoms with Crippen LogP contribution in [-0.2, 0) is 4.79 Å². The predicted octanol–water partition coefficient (Wildman–Crippen LogP) is 3.55. The molecule has 0 aliphatic heterocycles. The molecule has 2 nitrogen and oxygen atoms in total. The molecule has 15 heavy (non-hydrogen) atoms. The molecule has 0 aromatic rings. The highest BCUT2D eigenvalue weighted by Crippen LogP contribution is 2.10. The number of amides is 1. The summed E-state index contributed by atoms with van der Waals surface area (Å²) in [5, 5.41) is 2.53. The van der Waals surface area contributed by atoms with Crippen molar-refractivity contribution in [3.05, 3.63) is 24.9 Å². The van der Waals surface area contributed by atoms with Gasteiger partial charge in [-0.05, 0) is 19.0 Å². The molecule has 0 radical (unpaired) electrons. The van der Waals surface area contributed by atoms with Gasteiger partial charge in [0.15, 0.2) is 0 Å². The third-order valence-electron chi connectivity index (χ3n) is 2.39. The number of carbonyl (C=O) groups excluding carboxylic acids is 1. The molecule has 0 unspecified atom stereocenters. The first-order valence-electron chi connectivity index (χ1n) is 5.82. The molecule has 0 spiro atoms. The molecule has 0 rings (SSSR count). The second-order valence-electron chi connectivity index (χ2n) is 3.80. The lowest BCUT2D eigenvalue weighted by Gasteiger charge is -2.04. The summed E-state index contributed by atoms with van der Waals surface area (Å²) in [6.07, 6.45) is 9.62. The third kappa shape index (κ3) is 7.98. The maximum absolute atomic E-state index is 11.2. The number of carbonyl (C=O) groups is 1. The smallest absolute Gasteiger partial charge is 0.250 e. The average molecular weight is 209 g/mol. The first kappa shape index (κ1) is 13.9. The van der Waals surface area contributed by atoms with Crippen LogP contribution in [-0.4, -0.2) is 5.91 Å². The standard InChI is InChI=1S/C13H23NO/c1-4-6-7-8-9-10-11-12(3)13(15)14-5-2/h5H,2-4,6-11H2,1H3,(H,14,15). The Labute approximate surface area is 93.5 Å². The Hall–Kier alpha value is -1.05. The van der Waals surface area contributed by atoms with E-state index in [-0.39, 0.29) is 5.91 Å². The lowest BCUT2D eigenvalue weighted by atomic mass is 10.1. The molecule has 1 amide bonds. The maximum Gasteiger partial charge on any atom is 0.250 e. The highest BCUT2D eigenvalue weighted by molar-refractivity contribution is 5.93. The molecule has 0 aliphatic rings. The van der Waals surface area contributed by atoms with Crippen LogP contribution in [0, 0.1) is 0 Å². The van der Waals surface area contributed by atoms with Gasteiger partial charge in [0.25, 0.3) is 0 Å². The Bertz CT molecular complexity index is 209. The second kappa shape index (κ2) is 9.50. The van der Waals surface area contributed by atoms with E-state index in [1.54, 1.807) is 0 Å². The molecule has 0 aromatic heterocycles. The van der Waals surface area contributed by atoms with Gasteiger partial charge in [-0.2, -0.15) is 0 Å². The van der Waals surface area contributed by atoms with Gasteiger partial charge in [-0.25, -0.2) is 0 Å². The van der Waals surface area contributed by atoms with E-state index >= 15 is 0 Å². The van der Waals surface area contributed by atoms with Crippen molar-refractivity contribution < 1.29 is 4.79 Å². The number of nitrogens with one attached hydrogen (secondary N) is 1. The van der Waals surface area contributed by atoms with Crippen LogP contribution in [0.25, 0.3) is 0 Å². The average Bonchev–Trinajstić information content (AvgIpc) is 2.23. The fourth-order valence-corrected chi connectivity index (χ4v) is 1.43. The lowest BCUT2D eigenvalue weighted by molar-refractivity contribution is -0.116. The molecule has 0 aromatic carbocycles. The van der Waals surface area contributed by atoms with Gasteiger partial charge in [-0.15, -0.1) is 0 Å². The largest absolute Gasteiger partial charge is 0.329 e. The van der Waals surface area contributed by atoms with Crippen molar-refractivity contribution in [1.29, 1.82) is 0 Å². The molecule has 0 bridgehead atoms. The molecule has 0 atom stereocenters. The summed E-state index contributed by atoms with van der Waals surface area (Å²) in [5.74, 6) is -0.0986. The highest BCUT2D eigenvalue weighted by atomic mass is 16.1. The Morgan fingerprint density at radius 1 is 1.20 bits per heavy atom. The number of hydrogen-bond donors (Lipinski definition) is 1. The third-order valence-corrected chi connectivity index (χ3v) is 2.39. The quantitative estimate of drug-likeness (QED) is 0.456. The van der Waals surface area contributed by atoms with Crippen molar-refractivity contribution in [2.45, 2.75) is 51.9 Å². The van der Waals surface area contributed by atoms with Gasteiger partial charge in [-0.3, -0.25) is 4.79 Å². The minimum Gasteiger partial charge on any atom is -0.329 e. The van der Waals surface area contributed by atoms with Crippen LogP contribution >= 0.6 is 0 Å². The zero-order valence-corrected chi connectivity index (χ0v) is 9.85. The van der Waals surface area contributed by atoms with Crippen LogP contribution in [0.3, 0.4) is 0 Å². The summed E-state index contributed by atoms with van der Waals surface area (Å²) in [7, 11) is 0. The normalized spacial score (nSPS) is 9.67.